The Morgan fingerprint density at radius 1 is 1.24 bits per heavy atom. The monoisotopic (exact) mass is 300 g/mol. The first-order chi connectivity index (χ1) is 9.85. The third kappa shape index (κ3) is 5.59. The smallest absolute Gasteiger partial charge is 0.149 e. The first-order valence-corrected chi connectivity index (χ1v) is 7.41. The topological polar surface area (TPSA) is 38.5 Å². The zero-order valence-electron chi connectivity index (χ0n) is 13.3. The van der Waals surface area contributed by atoms with Gasteiger partial charge >= 0.3 is 0 Å². The van der Waals surface area contributed by atoms with Crippen LogP contribution in [-0.2, 0) is 11.2 Å². The van der Waals surface area contributed by atoms with Crippen molar-refractivity contribution in [1.82, 2.24) is 0 Å². The Morgan fingerprint density at radius 3 is 2.29 bits per heavy atom. The van der Waals surface area contributed by atoms with E-state index in [0.717, 1.165) is 6.42 Å². The summed E-state index contributed by atoms with van der Waals surface area (Å²) in [6, 6.07) is 2.66. The number of nitrogens with two attached hydrogens (primary N) is 1. The van der Waals surface area contributed by atoms with Crippen molar-refractivity contribution >= 4 is 5.69 Å². The molecule has 1 atom stereocenters. The highest BCUT2D eigenvalue weighted by Crippen LogP contribution is 2.24. The third-order valence-electron chi connectivity index (χ3n) is 3.36. The summed E-state index contributed by atoms with van der Waals surface area (Å²) in [6.07, 6.45) is 1.35. The van der Waals surface area contributed by atoms with E-state index < -0.39 is 11.6 Å². The number of hydrogen-bond donors (Lipinski definition) is 1. The molecule has 0 aliphatic heterocycles. The molecule has 1 aromatic rings. The zero-order chi connectivity index (χ0) is 16.0. The number of ether oxygens (including phenoxy) is 1. The van der Waals surface area contributed by atoms with E-state index in [4.69, 9.17) is 10.5 Å². The Balaban J connectivity index is 2.79. The number of nitrogens with zero attached hydrogens (tertiary/aromatic N) is 1. The van der Waals surface area contributed by atoms with Crippen LogP contribution < -0.4 is 10.6 Å². The molecular formula is C16H26F2N2O. The number of benzene rings is 1. The van der Waals surface area contributed by atoms with Crippen LogP contribution in [0.4, 0.5) is 14.5 Å². The summed E-state index contributed by atoms with van der Waals surface area (Å²) in [4.78, 5) is 1.54. The van der Waals surface area contributed by atoms with Crippen LogP contribution in [0.25, 0.3) is 0 Å². The molecule has 0 aromatic heterocycles. The molecule has 0 amide bonds. The second-order valence-corrected chi connectivity index (χ2v) is 5.62. The lowest BCUT2D eigenvalue weighted by atomic mass is 10.0. The van der Waals surface area contributed by atoms with Crippen LogP contribution in [0.3, 0.4) is 0 Å². The lowest BCUT2D eigenvalue weighted by Crippen LogP contribution is -2.26. The second kappa shape index (κ2) is 8.29. The molecular weight excluding hydrogens is 274 g/mol. The molecule has 0 fully saturated rings. The van der Waals surface area contributed by atoms with Crippen LogP contribution in [-0.4, -0.2) is 32.3 Å². The van der Waals surface area contributed by atoms with Gasteiger partial charge in [0.15, 0.2) is 0 Å². The molecule has 0 saturated heterocycles. The maximum atomic E-state index is 14.1. The highest BCUT2D eigenvalue weighted by molar-refractivity contribution is 5.50. The number of halogens is 2. The lowest BCUT2D eigenvalue weighted by molar-refractivity contribution is 0.0845. The van der Waals surface area contributed by atoms with Gasteiger partial charge in [0.1, 0.15) is 17.3 Å². The summed E-state index contributed by atoms with van der Waals surface area (Å²) in [7, 11) is 1.66. The van der Waals surface area contributed by atoms with Crippen LogP contribution in [0, 0.1) is 11.6 Å². The van der Waals surface area contributed by atoms with E-state index in [2.05, 4.69) is 0 Å². The Labute approximate surface area is 126 Å². The maximum Gasteiger partial charge on any atom is 0.149 e. The van der Waals surface area contributed by atoms with Crippen molar-refractivity contribution in [3.8, 4) is 0 Å². The molecule has 0 aliphatic rings. The molecule has 0 aliphatic carbocycles. The predicted octanol–water partition coefficient (Wildman–Crippen LogP) is 3.11. The van der Waals surface area contributed by atoms with E-state index in [-0.39, 0.29) is 17.8 Å². The molecule has 0 heterocycles. The fourth-order valence-electron chi connectivity index (χ4n) is 2.08. The summed E-state index contributed by atoms with van der Waals surface area (Å²) in [5.74, 6) is -1.11. The molecule has 120 valence electrons. The maximum absolute atomic E-state index is 14.1. The van der Waals surface area contributed by atoms with Gasteiger partial charge in [0.25, 0.3) is 0 Å². The molecule has 1 aromatic carbocycles. The van der Waals surface area contributed by atoms with E-state index in [1.54, 1.807) is 7.05 Å². The van der Waals surface area contributed by atoms with Gasteiger partial charge in [0, 0.05) is 19.6 Å². The SMILES string of the molecule is CCC(N)Cc1cc(F)c(N(C)CCOC(C)C)c(F)c1. The van der Waals surface area contributed by atoms with Gasteiger partial charge in [-0.05, 0) is 44.4 Å². The largest absolute Gasteiger partial charge is 0.377 e. The Morgan fingerprint density at radius 2 is 1.81 bits per heavy atom. The van der Waals surface area contributed by atoms with E-state index in [1.165, 1.54) is 17.0 Å². The van der Waals surface area contributed by atoms with Crippen LogP contribution in [0.5, 0.6) is 0 Å². The van der Waals surface area contributed by atoms with Crippen LogP contribution in [0.2, 0.25) is 0 Å². The summed E-state index contributed by atoms with van der Waals surface area (Å²) in [5.41, 5.74) is 6.40. The Bertz CT molecular complexity index is 429. The minimum absolute atomic E-state index is 0.0174. The normalized spacial score (nSPS) is 12.8. The van der Waals surface area contributed by atoms with E-state index in [9.17, 15) is 8.78 Å². The van der Waals surface area contributed by atoms with Crippen molar-refractivity contribution in [1.29, 1.82) is 0 Å². The van der Waals surface area contributed by atoms with E-state index in [0.29, 0.717) is 25.1 Å². The molecule has 0 spiro atoms. The molecule has 21 heavy (non-hydrogen) atoms. The first kappa shape index (κ1) is 17.9. The van der Waals surface area contributed by atoms with Gasteiger partial charge in [-0.15, -0.1) is 0 Å². The molecule has 0 bridgehead atoms. The van der Waals surface area contributed by atoms with Crippen molar-refractivity contribution in [3.05, 3.63) is 29.3 Å². The van der Waals surface area contributed by atoms with Gasteiger partial charge in [-0.2, -0.15) is 0 Å². The van der Waals surface area contributed by atoms with Gasteiger partial charge in [0.05, 0.1) is 12.7 Å². The summed E-state index contributed by atoms with van der Waals surface area (Å²) >= 11 is 0. The zero-order valence-corrected chi connectivity index (χ0v) is 13.3. The second-order valence-electron chi connectivity index (χ2n) is 5.62. The first-order valence-electron chi connectivity index (χ1n) is 7.41. The molecule has 0 saturated carbocycles. The van der Waals surface area contributed by atoms with Crippen LogP contribution >= 0.6 is 0 Å². The molecule has 2 N–H and O–H groups in total. The van der Waals surface area contributed by atoms with Gasteiger partial charge in [-0.3, -0.25) is 0 Å². The molecule has 1 rings (SSSR count). The van der Waals surface area contributed by atoms with E-state index >= 15 is 0 Å². The lowest BCUT2D eigenvalue weighted by Gasteiger charge is -2.22. The summed E-state index contributed by atoms with van der Waals surface area (Å²) < 4.78 is 33.7. The standard InChI is InChI=1S/C16H26F2N2O/c1-5-13(19)8-12-9-14(17)16(15(18)10-12)20(4)6-7-21-11(2)3/h9-11,13H,5-8,19H2,1-4H3. The summed E-state index contributed by atoms with van der Waals surface area (Å²) in [5, 5.41) is 0. The fourth-order valence-corrected chi connectivity index (χ4v) is 2.08. The van der Waals surface area contributed by atoms with Gasteiger partial charge in [-0.25, -0.2) is 8.78 Å². The number of anilines is 1. The van der Waals surface area contributed by atoms with Crippen LogP contribution in [0.15, 0.2) is 12.1 Å². The molecule has 0 radical (unpaired) electrons. The molecule has 5 heteroatoms. The quantitative estimate of drug-likeness (QED) is 0.802. The van der Waals surface area contributed by atoms with Crippen molar-refractivity contribution in [3.63, 3.8) is 0 Å². The average Bonchev–Trinajstić information content (AvgIpc) is 2.37. The fraction of sp³-hybridized carbons (Fsp3) is 0.625. The highest BCUT2D eigenvalue weighted by Gasteiger charge is 2.16. The van der Waals surface area contributed by atoms with Crippen molar-refractivity contribution in [2.24, 2.45) is 5.73 Å². The minimum Gasteiger partial charge on any atom is -0.377 e. The minimum atomic E-state index is -0.555. The van der Waals surface area contributed by atoms with Crippen molar-refractivity contribution in [2.75, 3.05) is 25.1 Å². The Hall–Kier alpha value is -1.20. The van der Waals surface area contributed by atoms with Gasteiger partial charge in [-0.1, -0.05) is 6.92 Å². The summed E-state index contributed by atoms with van der Waals surface area (Å²) in [6.45, 7) is 6.66. The number of likely N-dealkylation sites (N-methyl/N-ethyl adjacent to an activating group) is 1. The Kier molecular flexibility index (Phi) is 7.05. The van der Waals surface area contributed by atoms with Gasteiger partial charge in [0.2, 0.25) is 0 Å². The van der Waals surface area contributed by atoms with E-state index in [1.807, 2.05) is 20.8 Å². The number of rotatable bonds is 8. The van der Waals surface area contributed by atoms with Crippen LogP contribution in [0.1, 0.15) is 32.8 Å². The van der Waals surface area contributed by atoms with Crippen molar-refractivity contribution in [2.45, 2.75) is 45.8 Å². The third-order valence-corrected chi connectivity index (χ3v) is 3.36. The number of hydrogen-bond acceptors (Lipinski definition) is 3. The highest BCUT2D eigenvalue weighted by atomic mass is 19.1. The predicted molar refractivity (Wildman–Crippen MR) is 82.7 cm³/mol. The molecule has 3 nitrogen and oxygen atoms in total. The average molecular weight is 300 g/mol. The van der Waals surface area contributed by atoms with Gasteiger partial charge < -0.3 is 15.4 Å². The molecule has 1 unspecified atom stereocenters. The van der Waals surface area contributed by atoms with Crippen molar-refractivity contribution < 1.29 is 13.5 Å².